The Labute approximate surface area is 144 Å². The molecule has 1 aliphatic heterocycles. The molecule has 0 radical (unpaired) electrons. The Bertz CT molecular complexity index is 954. The van der Waals surface area contributed by atoms with Crippen LogP contribution in [-0.2, 0) is 4.79 Å². The highest BCUT2D eigenvalue weighted by molar-refractivity contribution is 6.06. The second-order valence-corrected chi connectivity index (χ2v) is 5.99. The zero-order chi connectivity index (χ0) is 17.4. The SMILES string of the molecule is CC1=C(C(=O)Nc2ccccc2C)[C@H](c2ccc[nH]2)n2ncnc2N1. The Hall–Kier alpha value is -3.35. The monoisotopic (exact) mass is 334 g/mol. The van der Waals surface area contributed by atoms with E-state index in [-0.39, 0.29) is 11.9 Å². The number of hydrogen-bond acceptors (Lipinski definition) is 4. The van der Waals surface area contributed by atoms with Crippen molar-refractivity contribution < 1.29 is 4.79 Å². The van der Waals surface area contributed by atoms with Crippen molar-refractivity contribution in [3.05, 3.63) is 71.4 Å². The van der Waals surface area contributed by atoms with Gasteiger partial charge in [-0.25, -0.2) is 4.68 Å². The molecule has 3 heterocycles. The molecule has 0 aliphatic carbocycles. The van der Waals surface area contributed by atoms with Crippen molar-refractivity contribution in [1.29, 1.82) is 0 Å². The summed E-state index contributed by atoms with van der Waals surface area (Å²) >= 11 is 0. The molecule has 0 fully saturated rings. The Morgan fingerprint density at radius 2 is 2.04 bits per heavy atom. The third-order valence-electron chi connectivity index (χ3n) is 4.35. The fourth-order valence-corrected chi connectivity index (χ4v) is 3.09. The number of nitrogens with one attached hydrogen (secondary N) is 3. The van der Waals surface area contributed by atoms with Crippen molar-refractivity contribution in [3.63, 3.8) is 0 Å². The second-order valence-electron chi connectivity index (χ2n) is 5.99. The Balaban J connectivity index is 1.76. The maximum Gasteiger partial charge on any atom is 0.255 e. The minimum absolute atomic E-state index is 0.167. The van der Waals surface area contributed by atoms with Crippen molar-refractivity contribution in [2.45, 2.75) is 19.9 Å². The van der Waals surface area contributed by atoms with Crippen LogP contribution in [0.4, 0.5) is 11.6 Å². The van der Waals surface area contributed by atoms with Crippen LogP contribution < -0.4 is 10.6 Å². The summed E-state index contributed by atoms with van der Waals surface area (Å²) in [6.45, 7) is 3.84. The summed E-state index contributed by atoms with van der Waals surface area (Å²) in [5, 5.41) is 10.5. The first-order chi connectivity index (χ1) is 12.1. The first-order valence-electron chi connectivity index (χ1n) is 8.02. The van der Waals surface area contributed by atoms with Crippen LogP contribution in [0.5, 0.6) is 0 Å². The molecule has 0 unspecified atom stereocenters. The van der Waals surface area contributed by atoms with Crippen LogP contribution in [0.25, 0.3) is 0 Å². The van der Waals surface area contributed by atoms with E-state index in [2.05, 4.69) is 25.7 Å². The van der Waals surface area contributed by atoms with Crippen molar-refractivity contribution in [2.75, 3.05) is 10.6 Å². The molecule has 4 rings (SSSR count). The van der Waals surface area contributed by atoms with Gasteiger partial charge in [0, 0.05) is 23.3 Å². The van der Waals surface area contributed by atoms with Gasteiger partial charge in [0.2, 0.25) is 5.95 Å². The summed E-state index contributed by atoms with van der Waals surface area (Å²) in [4.78, 5) is 20.5. The van der Waals surface area contributed by atoms with Crippen LogP contribution in [0.3, 0.4) is 0 Å². The lowest BCUT2D eigenvalue weighted by Gasteiger charge is -2.28. The minimum Gasteiger partial charge on any atom is -0.363 e. The molecule has 126 valence electrons. The van der Waals surface area contributed by atoms with E-state index in [0.29, 0.717) is 11.5 Å². The predicted molar refractivity (Wildman–Crippen MR) is 95.1 cm³/mol. The maximum atomic E-state index is 13.1. The second kappa shape index (κ2) is 5.94. The number of carbonyl (C=O) groups is 1. The number of H-pyrrole nitrogens is 1. The van der Waals surface area contributed by atoms with Crippen LogP contribution >= 0.6 is 0 Å². The van der Waals surface area contributed by atoms with E-state index >= 15 is 0 Å². The minimum atomic E-state index is -0.363. The normalized spacial score (nSPS) is 16.3. The molecule has 1 amide bonds. The Morgan fingerprint density at radius 1 is 1.20 bits per heavy atom. The van der Waals surface area contributed by atoms with Crippen LogP contribution in [0.15, 0.2) is 60.2 Å². The van der Waals surface area contributed by atoms with Crippen LogP contribution in [0, 0.1) is 6.92 Å². The number of carbonyl (C=O) groups excluding carboxylic acids is 1. The van der Waals surface area contributed by atoms with Gasteiger partial charge in [0.15, 0.2) is 0 Å². The molecule has 0 saturated carbocycles. The number of hydrogen-bond donors (Lipinski definition) is 3. The van der Waals surface area contributed by atoms with Crippen LogP contribution in [-0.4, -0.2) is 25.7 Å². The van der Waals surface area contributed by atoms with Gasteiger partial charge in [0.05, 0.1) is 5.57 Å². The van der Waals surface area contributed by atoms with Gasteiger partial charge in [0.25, 0.3) is 5.91 Å². The molecule has 25 heavy (non-hydrogen) atoms. The van der Waals surface area contributed by atoms with Crippen molar-refractivity contribution in [2.24, 2.45) is 0 Å². The number of para-hydroxylation sites is 1. The van der Waals surface area contributed by atoms with E-state index in [1.54, 1.807) is 4.68 Å². The summed E-state index contributed by atoms with van der Waals surface area (Å²) in [6.07, 6.45) is 3.31. The summed E-state index contributed by atoms with van der Waals surface area (Å²) < 4.78 is 1.71. The molecule has 0 bridgehead atoms. The van der Waals surface area contributed by atoms with E-state index in [1.165, 1.54) is 6.33 Å². The first kappa shape index (κ1) is 15.2. The molecular weight excluding hydrogens is 316 g/mol. The number of benzene rings is 1. The van der Waals surface area contributed by atoms with Gasteiger partial charge in [-0.3, -0.25) is 4.79 Å². The molecule has 3 aromatic rings. The molecule has 2 aromatic heterocycles. The highest BCUT2D eigenvalue weighted by Crippen LogP contribution is 2.34. The lowest BCUT2D eigenvalue weighted by atomic mass is 9.99. The number of rotatable bonds is 3. The number of nitrogens with zero attached hydrogens (tertiary/aromatic N) is 3. The fourth-order valence-electron chi connectivity index (χ4n) is 3.09. The average Bonchev–Trinajstić information content (AvgIpc) is 3.26. The predicted octanol–water partition coefficient (Wildman–Crippen LogP) is 2.84. The molecule has 0 spiro atoms. The summed E-state index contributed by atoms with van der Waals surface area (Å²) in [5.74, 6) is 0.449. The molecule has 1 aliphatic rings. The zero-order valence-electron chi connectivity index (χ0n) is 13.9. The largest absolute Gasteiger partial charge is 0.363 e. The number of aryl methyl sites for hydroxylation is 1. The summed E-state index contributed by atoms with van der Waals surface area (Å²) in [5.41, 5.74) is 4.04. The summed E-state index contributed by atoms with van der Waals surface area (Å²) in [6, 6.07) is 11.2. The van der Waals surface area contributed by atoms with Gasteiger partial charge in [-0.05, 0) is 37.6 Å². The van der Waals surface area contributed by atoms with E-state index in [9.17, 15) is 4.79 Å². The average molecular weight is 334 g/mol. The van der Waals surface area contributed by atoms with Gasteiger partial charge in [-0.1, -0.05) is 18.2 Å². The molecule has 7 heteroatoms. The third kappa shape index (κ3) is 2.59. The lowest BCUT2D eigenvalue weighted by Crippen LogP contribution is -2.31. The number of anilines is 2. The highest BCUT2D eigenvalue weighted by Gasteiger charge is 2.34. The van der Waals surface area contributed by atoms with Crippen LogP contribution in [0.1, 0.15) is 24.2 Å². The van der Waals surface area contributed by atoms with Gasteiger partial charge in [-0.15, -0.1) is 0 Å². The quantitative estimate of drug-likeness (QED) is 0.687. The molecule has 3 N–H and O–H groups in total. The highest BCUT2D eigenvalue weighted by atomic mass is 16.1. The number of fused-ring (bicyclic) bond motifs is 1. The van der Waals surface area contributed by atoms with Gasteiger partial charge < -0.3 is 15.6 Å². The molecular formula is C18H18N6O. The van der Waals surface area contributed by atoms with Gasteiger partial charge in [0.1, 0.15) is 12.4 Å². The zero-order valence-corrected chi connectivity index (χ0v) is 13.9. The van der Waals surface area contributed by atoms with E-state index in [4.69, 9.17) is 0 Å². The van der Waals surface area contributed by atoms with Crippen molar-refractivity contribution in [1.82, 2.24) is 19.7 Å². The maximum absolute atomic E-state index is 13.1. The number of aromatic amines is 1. The topological polar surface area (TPSA) is 87.6 Å². The standard InChI is InChI=1S/C18H18N6O/c1-11-6-3-4-7-13(11)23-17(25)15-12(2)22-18-20-10-21-24(18)16(15)14-8-5-9-19-14/h3-10,16,19H,1-2H3,(H,23,25)(H,20,21,22)/t16-/m0/s1. The molecule has 1 atom stereocenters. The third-order valence-corrected chi connectivity index (χ3v) is 4.35. The lowest BCUT2D eigenvalue weighted by molar-refractivity contribution is -0.113. The molecule has 1 aromatic carbocycles. The van der Waals surface area contributed by atoms with E-state index in [1.807, 2.05) is 56.4 Å². The van der Waals surface area contributed by atoms with Crippen molar-refractivity contribution >= 4 is 17.5 Å². The van der Waals surface area contributed by atoms with Gasteiger partial charge >= 0.3 is 0 Å². The summed E-state index contributed by atoms with van der Waals surface area (Å²) in [7, 11) is 0. The molecule has 7 nitrogen and oxygen atoms in total. The number of allylic oxidation sites excluding steroid dienone is 1. The first-order valence-corrected chi connectivity index (χ1v) is 8.02. The van der Waals surface area contributed by atoms with E-state index < -0.39 is 0 Å². The molecule has 0 saturated heterocycles. The number of aromatic nitrogens is 4. The number of amides is 1. The smallest absolute Gasteiger partial charge is 0.255 e. The van der Waals surface area contributed by atoms with Gasteiger partial charge in [-0.2, -0.15) is 10.1 Å². The van der Waals surface area contributed by atoms with E-state index in [0.717, 1.165) is 22.6 Å². The Morgan fingerprint density at radius 3 is 2.80 bits per heavy atom. The Kier molecular flexibility index (Phi) is 3.61. The van der Waals surface area contributed by atoms with Crippen LogP contribution in [0.2, 0.25) is 0 Å². The fraction of sp³-hybridized carbons (Fsp3) is 0.167. The van der Waals surface area contributed by atoms with Crippen molar-refractivity contribution in [3.8, 4) is 0 Å².